The van der Waals surface area contributed by atoms with Crippen molar-refractivity contribution in [3.63, 3.8) is 0 Å². The van der Waals surface area contributed by atoms with Gasteiger partial charge in [0.05, 0.1) is 34.9 Å². The molecule has 0 bridgehead atoms. The van der Waals surface area contributed by atoms with Crippen LogP contribution in [0.5, 0.6) is 0 Å². The zero-order valence-corrected chi connectivity index (χ0v) is 16.0. The van der Waals surface area contributed by atoms with Gasteiger partial charge in [-0.05, 0) is 12.1 Å². The average Bonchev–Trinajstić information content (AvgIpc) is 3.35. The molecule has 0 aliphatic carbocycles. The van der Waals surface area contributed by atoms with E-state index in [0.717, 1.165) is 54.9 Å². The highest BCUT2D eigenvalue weighted by molar-refractivity contribution is 7.17. The summed E-state index contributed by atoms with van der Waals surface area (Å²) in [7, 11) is 1.82. The molecule has 3 aromatic heterocycles. The monoisotopic (exact) mass is 386 g/mol. The van der Waals surface area contributed by atoms with Crippen molar-refractivity contribution in [3.05, 3.63) is 35.6 Å². The van der Waals surface area contributed by atoms with E-state index in [9.17, 15) is 4.79 Å². The van der Waals surface area contributed by atoms with Crippen LogP contribution >= 0.6 is 11.3 Å². The topological polar surface area (TPSA) is 83.8 Å². The summed E-state index contributed by atoms with van der Waals surface area (Å²) in [5.74, 6) is 0.687. The predicted molar refractivity (Wildman–Crippen MR) is 105 cm³/mol. The van der Waals surface area contributed by atoms with E-state index < -0.39 is 0 Å². The van der Waals surface area contributed by atoms with Crippen molar-refractivity contribution in [2.45, 2.75) is 0 Å². The zero-order valence-electron chi connectivity index (χ0n) is 15.1. The number of imidazole rings is 1. The number of nitrogens with one attached hydrogen (secondary N) is 2. The average molecular weight is 386 g/mol. The van der Waals surface area contributed by atoms with E-state index in [-0.39, 0.29) is 5.91 Å². The lowest BCUT2D eigenvalue weighted by Gasteiger charge is -2.26. The zero-order chi connectivity index (χ0) is 18.6. The summed E-state index contributed by atoms with van der Waals surface area (Å²) in [6.45, 7) is 4.88. The lowest BCUT2D eigenvalue weighted by atomic mass is 10.3. The minimum absolute atomic E-state index is 0.0362. The van der Waals surface area contributed by atoms with Gasteiger partial charge in [-0.25, -0.2) is 9.97 Å². The molecule has 1 aliphatic rings. The lowest BCUT2D eigenvalue weighted by Crippen LogP contribution is -2.41. The highest BCUT2D eigenvalue weighted by atomic mass is 32.1. The van der Waals surface area contributed by atoms with Gasteiger partial charge in [0.15, 0.2) is 11.5 Å². The number of nitrogens with zero attached hydrogens (tertiary/aromatic N) is 4. The van der Waals surface area contributed by atoms with Gasteiger partial charge in [-0.2, -0.15) is 0 Å². The number of hydrogen-bond acceptors (Lipinski definition) is 7. The number of thiophene rings is 1. The molecule has 0 atom stereocenters. The van der Waals surface area contributed by atoms with Crippen LogP contribution in [0.1, 0.15) is 9.67 Å². The second-order valence-corrected chi connectivity index (χ2v) is 7.32. The highest BCUT2D eigenvalue weighted by Crippen LogP contribution is 2.29. The summed E-state index contributed by atoms with van der Waals surface area (Å²) in [5, 5.41) is 6.05. The maximum atomic E-state index is 12.4. The number of anilines is 1. The minimum atomic E-state index is -0.0362. The van der Waals surface area contributed by atoms with Crippen molar-refractivity contribution < 1.29 is 9.53 Å². The van der Waals surface area contributed by atoms with Crippen molar-refractivity contribution in [2.24, 2.45) is 0 Å². The first-order valence-electron chi connectivity index (χ1n) is 8.94. The molecule has 1 amide bonds. The largest absolute Gasteiger partial charge is 0.379 e. The van der Waals surface area contributed by atoms with Crippen LogP contribution < -0.4 is 10.6 Å². The SMILES string of the molecule is CNc1nccn2c(-c3ccc(C(=O)NCCN4CCOCC4)s3)cnc12. The van der Waals surface area contributed by atoms with E-state index in [1.807, 2.05) is 36.0 Å². The molecule has 1 aliphatic heterocycles. The number of fused-ring (bicyclic) bond motifs is 1. The van der Waals surface area contributed by atoms with E-state index in [4.69, 9.17) is 4.74 Å². The van der Waals surface area contributed by atoms with Crippen LogP contribution in [0.25, 0.3) is 16.2 Å². The molecule has 0 saturated carbocycles. The van der Waals surface area contributed by atoms with Crippen molar-refractivity contribution in [2.75, 3.05) is 51.8 Å². The molecule has 2 N–H and O–H groups in total. The third-order valence-electron chi connectivity index (χ3n) is 4.56. The smallest absolute Gasteiger partial charge is 0.261 e. The van der Waals surface area contributed by atoms with Gasteiger partial charge in [-0.1, -0.05) is 0 Å². The van der Waals surface area contributed by atoms with Crippen molar-refractivity contribution >= 4 is 28.7 Å². The first kappa shape index (κ1) is 17.9. The van der Waals surface area contributed by atoms with Crippen LogP contribution in [-0.2, 0) is 4.74 Å². The Morgan fingerprint density at radius 2 is 2.15 bits per heavy atom. The number of amides is 1. The van der Waals surface area contributed by atoms with Gasteiger partial charge in [-0.15, -0.1) is 11.3 Å². The first-order chi connectivity index (χ1) is 13.3. The Kier molecular flexibility index (Phi) is 5.33. The molecule has 0 unspecified atom stereocenters. The molecule has 0 radical (unpaired) electrons. The van der Waals surface area contributed by atoms with Gasteiger partial charge in [0.25, 0.3) is 5.91 Å². The molecule has 8 nitrogen and oxygen atoms in total. The summed E-state index contributed by atoms with van der Waals surface area (Å²) < 4.78 is 7.31. The molecule has 9 heteroatoms. The second-order valence-electron chi connectivity index (χ2n) is 6.24. The van der Waals surface area contributed by atoms with Crippen molar-refractivity contribution in [1.29, 1.82) is 0 Å². The van der Waals surface area contributed by atoms with E-state index in [1.54, 1.807) is 6.20 Å². The standard InChI is InChI=1S/C18H22N6O2S/c1-19-16-17-22-12-13(24(17)7-5-20-16)14-2-3-15(27-14)18(25)21-4-6-23-8-10-26-11-9-23/h2-3,5,7,12H,4,6,8-11H2,1H3,(H,19,20)(H,21,25). The molecule has 4 heterocycles. The molecule has 3 aromatic rings. The normalized spacial score (nSPS) is 15.1. The molecule has 27 heavy (non-hydrogen) atoms. The van der Waals surface area contributed by atoms with Gasteiger partial charge in [0, 0.05) is 45.6 Å². The maximum Gasteiger partial charge on any atom is 0.261 e. The summed E-state index contributed by atoms with van der Waals surface area (Å²) in [6, 6.07) is 3.83. The fraction of sp³-hybridized carbons (Fsp3) is 0.389. The third-order valence-corrected chi connectivity index (χ3v) is 5.67. The number of carbonyl (C=O) groups is 1. The molecular weight excluding hydrogens is 364 g/mol. The van der Waals surface area contributed by atoms with Crippen LogP contribution in [0.3, 0.4) is 0 Å². The summed E-state index contributed by atoms with van der Waals surface area (Å²) >= 11 is 1.47. The Morgan fingerprint density at radius 1 is 1.30 bits per heavy atom. The fourth-order valence-corrected chi connectivity index (χ4v) is 4.04. The van der Waals surface area contributed by atoms with Crippen LogP contribution in [0.15, 0.2) is 30.7 Å². The summed E-state index contributed by atoms with van der Waals surface area (Å²) in [6.07, 6.45) is 5.42. The van der Waals surface area contributed by atoms with Crippen LogP contribution in [-0.4, -0.2) is 71.6 Å². The Labute approximate surface area is 161 Å². The van der Waals surface area contributed by atoms with E-state index in [1.165, 1.54) is 11.3 Å². The molecule has 1 saturated heterocycles. The predicted octanol–water partition coefficient (Wildman–Crippen LogP) is 1.56. The van der Waals surface area contributed by atoms with E-state index in [0.29, 0.717) is 11.4 Å². The van der Waals surface area contributed by atoms with Crippen LogP contribution in [0.4, 0.5) is 5.82 Å². The maximum absolute atomic E-state index is 12.4. The van der Waals surface area contributed by atoms with E-state index >= 15 is 0 Å². The third kappa shape index (κ3) is 3.80. The molecule has 4 rings (SSSR count). The number of morpholine rings is 1. The molecular formula is C18H22N6O2S. The number of rotatable bonds is 6. The fourth-order valence-electron chi connectivity index (χ4n) is 3.11. The number of ether oxygens (including phenoxy) is 1. The summed E-state index contributed by atoms with van der Waals surface area (Å²) in [5.41, 5.74) is 1.71. The van der Waals surface area contributed by atoms with Crippen molar-refractivity contribution in [3.8, 4) is 10.6 Å². The number of hydrogen-bond donors (Lipinski definition) is 2. The number of carbonyl (C=O) groups excluding carboxylic acids is 1. The van der Waals surface area contributed by atoms with Gasteiger partial charge in [0.2, 0.25) is 0 Å². The van der Waals surface area contributed by atoms with Crippen molar-refractivity contribution in [1.82, 2.24) is 24.6 Å². The van der Waals surface area contributed by atoms with Gasteiger partial charge in [-0.3, -0.25) is 14.1 Å². The molecule has 142 valence electrons. The Morgan fingerprint density at radius 3 is 2.96 bits per heavy atom. The van der Waals surface area contributed by atoms with Gasteiger partial charge < -0.3 is 15.4 Å². The first-order valence-corrected chi connectivity index (χ1v) is 9.76. The highest BCUT2D eigenvalue weighted by Gasteiger charge is 2.15. The molecule has 0 aromatic carbocycles. The Bertz CT molecular complexity index is 931. The summed E-state index contributed by atoms with van der Waals surface area (Å²) in [4.78, 5) is 25.2. The molecule has 0 spiro atoms. The second kappa shape index (κ2) is 8.03. The quantitative estimate of drug-likeness (QED) is 0.669. The Balaban J connectivity index is 1.43. The van der Waals surface area contributed by atoms with E-state index in [2.05, 4.69) is 25.5 Å². The van der Waals surface area contributed by atoms with Crippen LogP contribution in [0.2, 0.25) is 0 Å². The van der Waals surface area contributed by atoms with Crippen LogP contribution in [0, 0.1) is 0 Å². The van der Waals surface area contributed by atoms with Gasteiger partial charge >= 0.3 is 0 Å². The Hall–Kier alpha value is -2.49. The minimum Gasteiger partial charge on any atom is -0.379 e. The van der Waals surface area contributed by atoms with Gasteiger partial charge in [0.1, 0.15) is 0 Å². The molecule has 1 fully saturated rings. The number of aromatic nitrogens is 3. The lowest BCUT2D eigenvalue weighted by molar-refractivity contribution is 0.0383.